The van der Waals surface area contributed by atoms with Crippen LogP contribution in [0.25, 0.3) is 0 Å². The Bertz CT molecular complexity index is 864. The highest BCUT2D eigenvalue weighted by Gasteiger charge is 2.40. The lowest BCUT2D eigenvalue weighted by Crippen LogP contribution is -2.29. The lowest BCUT2D eigenvalue weighted by Gasteiger charge is -2.21. The Hall–Kier alpha value is -2.82. The third kappa shape index (κ3) is 5.62. The zero-order valence-electron chi connectivity index (χ0n) is 15.7. The molecule has 11 heteroatoms. The summed E-state index contributed by atoms with van der Waals surface area (Å²) in [5, 5.41) is 7.12. The summed E-state index contributed by atoms with van der Waals surface area (Å²) in [6.07, 6.45) is -2.65. The van der Waals surface area contributed by atoms with E-state index in [-0.39, 0.29) is 5.82 Å². The summed E-state index contributed by atoms with van der Waals surface area (Å²) in [6.45, 7) is 4.58. The molecule has 1 aromatic heterocycles. The number of carboxylic acid groups (broad SMARTS) is 1. The molecule has 0 saturated carbocycles. The lowest BCUT2D eigenvalue weighted by molar-refractivity contribution is -0.192. The highest BCUT2D eigenvalue weighted by molar-refractivity contribution is 5.73. The number of rotatable bonds is 3. The molecule has 0 spiro atoms. The van der Waals surface area contributed by atoms with Gasteiger partial charge < -0.3 is 10.0 Å². The van der Waals surface area contributed by atoms with E-state index in [4.69, 9.17) is 9.90 Å². The maximum Gasteiger partial charge on any atom is 0.490 e. The summed E-state index contributed by atoms with van der Waals surface area (Å²) in [4.78, 5) is 21.5. The molecule has 3 heterocycles. The summed E-state index contributed by atoms with van der Waals surface area (Å²) in [7, 11) is 0. The van der Waals surface area contributed by atoms with E-state index in [9.17, 15) is 22.0 Å². The largest absolute Gasteiger partial charge is 0.490 e. The van der Waals surface area contributed by atoms with Crippen molar-refractivity contribution in [2.75, 3.05) is 31.1 Å². The first-order valence-electron chi connectivity index (χ1n) is 9.11. The molecular formula is C19H19F5N4O2. The number of nitrogens with zero attached hydrogens (tertiary/aromatic N) is 4. The van der Waals surface area contributed by atoms with Crippen LogP contribution in [0.5, 0.6) is 0 Å². The van der Waals surface area contributed by atoms with Crippen LogP contribution < -0.4 is 4.90 Å². The van der Waals surface area contributed by atoms with Crippen LogP contribution in [0.2, 0.25) is 0 Å². The fraction of sp³-hybridized carbons (Fsp3) is 0.421. The highest BCUT2D eigenvalue weighted by atomic mass is 19.4. The van der Waals surface area contributed by atoms with E-state index in [0.29, 0.717) is 17.8 Å². The van der Waals surface area contributed by atoms with Crippen LogP contribution in [-0.2, 0) is 11.3 Å². The molecule has 1 N–H and O–H groups in total. The monoisotopic (exact) mass is 430 g/mol. The topological polar surface area (TPSA) is 69.6 Å². The van der Waals surface area contributed by atoms with Gasteiger partial charge in [-0.25, -0.2) is 23.5 Å². The van der Waals surface area contributed by atoms with Gasteiger partial charge in [0.2, 0.25) is 5.95 Å². The molecule has 0 bridgehead atoms. The van der Waals surface area contributed by atoms with E-state index in [2.05, 4.69) is 19.8 Å². The quantitative estimate of drug-likeness (QED) is 0.756. The van der Waals surface area contributed by atoms with Gasteiger partial charge >= 0.3 is 12.1 Å². The number of fused-ring (bicyclic) bond motifs is 1. The van der Waals surface area contributed by atoms with E-state index in [0.717, 1.165) is 38.3 Å². The number of aliphatic carboxylic acids is 1. The first-order chi connectivity index (χ1) is 14.1. The lowest BCUT2D eigenvalue weighted by atomic mass is 10.0. The van der Waals surface area contributed by atoms with E-state index in [1.54, 1.807) is 12.1 Å². The molecular weight excluding hydrogens is 411 g/mol. The molecule has 0 amide bonds. The second-order valence-corrected chi connectivity index (χ2v) is 7.25. The number of alkyl halides is 3. The number of anilines is 1. The van der Waals surface area contributed by atoms with Crippen LogP contribution in [0, 0.1) is 23.5 Å². The predicted molar refractivity (Wildman–Crippen MR) is 96.6 cm³/mol. The normalized spacial score (nSPS) is 21.2. The van der Waals surface area contributed by atoms with Gasteiger partial charge in [-0.1, -0.05) is 12.1 Å². The molecule has 4 rings (SSSR count). The standard InChI is InChI=1S/C17H18F2N4.C2HF3O2/c18-15-3-1-2-12(4-15)7-22-8-13-10-23(11-14(13)9-22)17-20-5-16(19)6-21-17;3-2(4,5)1(6)7/h1-6,13-14H,7-11H2;(H,6,7)/t13-,14+;. The van der Waals surface area contributed by atoms with Crippen molar-refractivity contribution in [3.05, 3.63) is 53.9 Å². The van der Waals surface area contributed by atoms with Crippen LogP contribution in [-0.4, -0.2) is 58.3 Å². The van der Waals surface area contributed by atoms with Crippen LogP contribution in [0.3, 0.4) is 0 Å². The number of hydrogen-bond donors (Lipinski definition) is 1. The Labute approximate surface area is 169 Å². The minimum atomic E-state index is -5.08. The van der Waals surface area contributed by atoms with Crippen molar-refractivity contribution in [2.24, 2.45) is 11.8 Å². The summed E-state index contributed by atoms with van der Waals surface area (Å²) >= 11 is 0. The number of carboxylic acids is 1. The Morgan fingerprint density at radius 1 is 1.03 bits per heavy atom. The molecule has 6 nitrogen and oxygen atoms in total. The fourth-order valence-corrected chi connectivity index (χ4v) is 3.74. The number of likely N-dealkylation sites (tertiary alicyclic amines) is 1. The van der Waals surface area contributed by atoms with Gasteiger partial charge in [0.05, 0.1) is 12.4 Å². The van der Waals surface area contributed by atoms with Crippen molar-refractivity contribution in [1.82, 2.24) is 14.9 Å². The first kappa shape index (κ1) is 21.9. The Balaban J connectivity index is 0.000000318. The third-order valence-electron chi connectivity index (χ3n) is 4.99. The SMILES string of the molecule is Fc1cnc(N2C[C@H]3CN(Cc4cccc(F)c4)C[C@H]3C2)nc1.O=C(O)C(F)(F)F. The van der Waals surface area contributed by atoms with Crippen molar-refractivity contribution in [1.29, 1.82) is 0 Å². The van der Waals surface area contributed by atoms with E-state index >= 15 is 0 Å². The van der Waals surface area contributed by atoms with Crippen LogP contribution in [0.15, 0.2) is 36.7 Å². The molecule has 1 aromatic carbocycles. The Kier molecular flexibility index (Phi) is 6.49. The van der Waals surface area contributed by atoms with Gasteiger partial charge in [0.1, 0.15) is 5.82 Å². The van der Waals surface area contributed by atoms with Crippen molar-refractivity contribution in [3.8, 4) is 0 Å². The molecule has 30 heavy (non-hydrogen) atoms. The molecule has 2 fully saturated rings. The number of aromatic nitrogens is 2. The maximum atomic E-state index is 13.3. The predicted octanol–water partition coefficient (Wildman–Crippen LogP) is 2.96. The van der Waals surface area contributed by atoms with E-state index in [1.165, 1.54) is 18.5 Å². The van der Waals surface area contributed by atoms with Crippen molar-refractivity contribution >= 4 is 11.9 Å². The van der Waals surface area contributed by atoms with Gasteiger partial charge in [-0.2, -0.15) is 13.2 Å². The number of halogens is 5. The summed E-state index contributed by atoms with van der Waals surface area (Å²) < 4.78 is 57.9. The van der Waals surface area contributed by atoms with E-state index in [1.807, 2.05) is 6.07 Å². The molecule has 162 valence electrons. The molecule has 2 saturated heterocycles. The minimum Gasteiger partial charge on any atom is -0.475 e. The Morgan fingerprint density at radius 2 is 1.60 bits per heavy atom. The summed E-state index contributed by atoms with van der Waals surface area (Å²) in [6, 6.07) is 6.81. The highest BCUT2D eigenvalue weighted by Crippen LogP contribution is 2.33. The zero-order valence-corrected chi connectivity index (χ0v) is 15.7. The Morgan fingerprint density at radius 3 is 2.10 bits per heavy atom. The molecule has 2 aliphatic rings. The third-order valence-corrected chi connectivity index (χ3v) is 4.99. The zero-order chi connectivity index (χ0) is 21.9. The number of hydrogen-bond acceptors (Lipinski definition) is 5. The first-order valence-corrected chi connectivity index (χ1v) is 9.11. The summed E-state index contributed by atoms with van der Waals surface area (Å²) in [5.74, 6) is -1.60. The number of carbonyl (C=O) groups is 1. The van der Waals surface area contributed by atoms with Gasteiger partial charge in [-0.05, 0) is 29.5 Å². The smallest absolute Gasteiger partial charge is 0.475 e. The van der Waals surface area contributed by atoms with Crippen molar-refractivity contribution in [3.63, 3.8) is 0 Å². The van der Waals surface area contributed by atoms with Crippen LogP contribution in [0.1, 0.15) is 5.56 Å². The van der Waals surface area contributed by atoms with Crippen molar-refractivity contribution < 1.29 is 31.9 Å². The molecule has 0 unspecified atom stereocenters. The molecule has 2 aromatic rings. The summed E-state index contributed by atoms with van der Waals surface area (Å²) in [5.41, 5.74) is 1.02. The second kappa shape index (κ2) is 8.90. The second-order valence-electron chi connectivity index (χ2n) is 7.25. The minimum absolute atomic E-state index is 0.179. The molecule has 2 atom stereocenters. The van der Waals surface area contributed by atoms with Gasteiger partial charge in [-0.15, -0.1) is 0 Å². The average Bonchev–Trinajstić information content (AvgIpc) is 3.20. The fourth-order valence-electron chi connectivity index (χ4n) is 3.74. The van der Waals surface area contributed by atoms with Gasteiger partial charge in [0, 0.05) is 32.7 Å². The molecule has 2 aliphatic heterocycles. The van der Waals surface area contributed by atoms with Gasteiger partial charge in [-0.3, -0.25) is 4.90 Å². The molecule has 0 radical (unpaired) electrons. The van der Waals surface area contributed by atoms with Gasteiger partial charge in [0.25, 0.3) is 0 Å². The maximum absolute atomic E-state index is 13.3. The number of benzene rings is 1. The van der Waals surface area contributed by atoms with E-state index < -0.39 is 18.0 Å². The van der Waals surface area contributed by atoms with Crippen molar-refractivity contribution in [2.45, 2.75) is 12.7 Å². The van der Waals surface area contributed by atoms with Crippen LogP contribution in [0.4, 0.5) is 27.9 Å². The van der Waals surface area contributed by atoms with Crippen LogP contribution >= 0.6 is 0 Å². The van der Waals surface area contributed by atoms with Gasteiger partial charge in [0.15, 0.2) is 5.82 Å². The molecule has 0 aliphatic carbocycles. The average molecular weight is 430 g/mol.